The highest BCUT2D eigenvalue weighted by Crippen LogP contribution is 2.34. The first kappa shape index (κ1) is 16.3. The molecule has 0 atom stereocenters. The molecule has 2 N–H and O–H groups in total. The highest BCUT2D eigenvalue weighted by Gasteiger charge is 2.31. The van der Waals surface area contributed by atoms with E-state index in [1.807, 2.05) is 0 Å². The zero-order chi connectivity index (χ0) is 17.2. The van der Waals surface area contributed by atoms with Gasteiger partial charge in [-0.15, -0.1) is 0 Å². The molecule has 1 aromatic carbocycles. The average molecular weight is 353 g/mol. The minimum Gasteiger partial charge on any atom is -0.378 e. The Morgan fingerprint density at radius 1 is 1.17 bits per heavy atom. The molecule has 24 heavy (non-hydrogen) atoms. The van der Waals surface area contributed by atoms with Crippen LogP contribution >= 0.6 is 11.6 Å². The van der Waals surface area contributed by atoms with Crippen molar-refractivity contribution in [3.63, 3.8) is 0 Å². The van der Waals surface area contributed by atoms with Gasteiger partial charge in [0.05, 0.1) is 17.1 Å². The van der Waals surface area contributed by atoms with Gasteiger partial charge in [-0.2, -0.15) is 13.2 Å². The maximum Gasteiger partial charge on any atom is 0.417 e. The minimum absolute atomic E-state index is 0.312. The SMILES string of the molecule is FC(F)(F)c1cncc(-c2ccc(NCc3ncc[nH]3)cc2Cl)c1. The molecule has 0 bridgehead atoms. The van der Waals surface area contributed by atoms with Crippen LogP contribution in [0.2, 0.25) is 5.02 Å². The van der Waals surface area contributed by atoms with E-state index in [0.717, 1.165) is 23.8 Å². The molecule has 0 fully saturated rings. The second kappa shape index (κ2) is 6.52. The summed E-state index contributed by atoms with van der Waals surface area (Å²) < 4.78 is 38.4. The summed E-state index contributed by atoms with van der Waals surface area (Å²) in [7, 11) is 0. The van der Waals surface area contributed by atoms with E-state index in [2.05, 4.69) is 20.3 Å². The number of nitrogens with zero attached hydrogens (tertiary/aromatic N) is 2. The zero-order valence-electron chi connectivity index (χ0n) is 12.2. The molecule has 0 radical (unpaired) electrons. The van der Waals surface area contributed by atoms with Gasteiger partial charge in [0, 0.05) is 41.6 Å². The van der Waals surface area contributed by atoms with E-state index in [4.69, 9.17) is 11.6 Å². The van der Waals surface area contributed by atoms with Gasteiger partial charge in [-0.25, -0.2) is 4.98 Å². The fourth-order valence-electron chi connectivity index (χ4n) is 2.18. The molecular formula is C16H12ClF3N4. The molecule has 2 aromatic heterocycles. The summed E-state index contributed by atoms with van der Waals surface area (Å²) >= 11 is 6.22. The molecule has 124 valence electrons. The average Bonchev–Trinajstić information content (AvgIpc) is 3.06. The number of aromatic nitrogens is 3. The van der Waals surface area contributed by atoms with Gasteiger partial charge >= 0.3 is 6.18 Å². The molecule has 0 amide bonds. The van der Waals surface area contributed by atoms with Crippen molar-refractivity contribution in [1.29, 1.82) is 0 Å². The lowest BCUT2D eigenvalue weighted by Gasteiger charge is -2.11. The lowest BCUT2D eigenvalue weighted by atomic mass is 10.1. The Morgan fingerprint density at radius 2 is 2.00 bits per heavy atom. The minimum atomic E-state index is -4.44. The molecule has 0 saturated heterocycles. The molecule has 2 heterocycles. The number of pyridine rings is 1. The maximum absolute atomic E-state index is 12.8. The van der Waals surface area contributed by atoms with Crippen LogP contribution in [-0.2, 0) is 12.7 Å². The third-order valence-corrected chi connectivity index (χ3v) is 3.67. The van der Waals surface area contributed by atoms with Crippen molar-refractivity contribution in [2.45, 2.75) is 12.7 Å². The largest absolute Gasteiger partial charge is 0.417 e. The summed E-state index contributed by atoms with van der Waals surface area (Å²) in [4.78, 5) is 10.7. The van der Waals surface area contributed by atoms with E-state index in [9.17, 15) is 13.2 Å². The van der Waals surface area contributed by atoms with Crippen molar-refractivity contribution in [2.24, 2.45) is 0 Å². The molecule has 0 unspecified atom stereocenters. The fraction of sp³-hybridized carbons (Fsp3) is 0.125. The number of imidazole rings is 1. The number of rotatable bonds is 4. The van der Waals surface area contributed by atoms with E-state index in [-0.39, 0.29) is 0 Å². The molecule has 0 aliphatic carbocycles. The van der Waals surface area contributed by atoms with Crippen molar-refractivity contribution in [3.05, 3.63) is 65.5 Å². The van der Waals surface area contributed by atoms with Gasteiger partial charge in [0.15, 0.2) is 0 Å². The van der Waals surface area contributed by atoms with Crippen molar-refractivity contribution in [2.75, 3.05) is 5.32 Å². The number of alkyl halides is 3. The van der Waals surface area contributed by atoms with E-state index in [1.54, 1.807) is 30.6 Å². The quantitative estimate of drug-likeness (QED) is 0.712. The number of anilines is 1. The van der Waals surface area contributed by atoms with E-state index in [0.29, 0.717) is 22.7 Å². The van der Waals surface area contributed by atoms with E-state index >= 15 is 0 Å². The van der Waals surface area contributed by atoms with Gasteiger partial charge in [-0.3, -0.25) is 4.98 Å². The number of benzene rings is 1. The van der Waals surface area contributed by atoms with Crippen LogP contribution in [0.4, 0.5) is 18.9 Å². The van der Waals surface area contributed by atoms with E-state index in [1.165, 1.54) is 6.20 Å². The highest BCUT2D eigenvalue weighted by atomic mass is 35.5. The van der Waals surface area contributed by atoms with E-state index < -0.39 is 11.7 Å². The van der Waals surface area contributed by atoms with Crippen LogP contribution in [-0.4, -0.2) is 15.0 Å². The number of halogens is 4. The van der Waals surface area contributed by atoms with Crippen molar-refractivity contribution >= 4 is 17.3 Å². The van der Waals surface area contributed by atoms with Crippen LogP contribution in [0.25, 0.3) is 11.1 Å². The summed E-state index contributed by atoms with van der Waals surface area (Å²) in [5.41, 5.74) is 0.724. The smallest absolute Gasteiger partial charge is 0.378 e. The van der Waals surface area contributed by atoms with Crippen LogP contribution in [0.1, 0.15) is 11.4 Å². The standard InChI is InChI=1S/C16H12ClF3N4/c17-14-6-12(24-9-15-22-3-4-23-15)1-2-13(14)10-5-11(8-21-7-10)16(18,19)20/h1-8,24H,9H2,(H,22,23). The van der Waals surface area contributed by atoms with Crippen molar-refractivity contribution < 1.29 is 13.2 Å². The fourth-order valence-corrected chi connectivity index (χ4v) is 2.47. The number of hydrogen-bond donors (Lipinski definition) is 2. The third kappa shape index (κ3) is 3.68. The Kier molecular flexibility index (Phi) is 4.44. The Hall–Kier alpha value is -2.54. The monoisotopic (exact) mass is 352 g/mol. The van der Waals surface area contributed by atoms with Crippen LogP contribution in [0.5, 0.6) is 0 Å². The second-order valence-corrected chi connectivity index (χ2v) is 5.45. The van der Waals surface area contributed by atoms with Gasteiger partial charge in [-0.05, 0) is 18.2 Å². The molecule has 0 saturated carbocycles. The number of hydrogen-bond acceptors (Lipinski definition) is 3. The van der Waals surface area contributed by atoms with Crippen molar-refractivity contribution in [3.8, 4) is 11.1 Å². The number of nitrogens with one attached hydrogen (secondary N) is 2. The molecular weight excluding hydrogens is 341 g/mol. The van der Waals surface area contributed by atoms with Gasteiger partial charge in [-0.1, -0.05) is 17.7 Å². The second-order valence-electron chi connectivity index (χ2n) is 5.04. The number of aromatic amines is 1. The Balaban J connectivity index is 1.82. The molecule has 0 aliphatic rings. The molecule has 4 nitrogen and oxygen atoms in total. The first-order chi connectivity index (χ1) is 11.4. The van der Waals surface area contributed by atoms with Crippen molar-refractivity contribution in [1.82, 2.24) is 15.0 Å². The highest BCUT2D eigenvalue weighted by molar-refractivity contribution is 6.33. The van der Waals surface area contributed by atoms with Crippen LogP contribution < -0.4 is 5.32 Å². The summed E-state index contributed by atoms with van der Waals surface area (Å²) in [6, 6.07) is 6.08. The summed E-state index contributed by atoms with van der Waals surface area (Å²) in [6.45, 7) is 0.480. The Morgan fingerprint density at radius 3 is 2.67 bits per heavy atom. The molecule has 0 spiro atoms. The summed E-state index contributed by atoms with van der Waals surface area (Å²) in [5.74, 6) is 0.761. The van der Waals surface area contributed by atoms with Crippen LogP contribution in [0.15, 0.2) is 49.1 Å². The molecule has 0 aliphatic heterocycles. The van der Waals surface area contributed by atoms with Gasteiger partial charge in [0.1, 0.15) is 5.82 Å². The zero-order valence-corrected chi connectivity index (χ0v) is 13.0. The third-order valence-electron chi connectivity index (χ3n) is 3.36. The maximum atomic E-state index is 12.8. The predicted octanol–water partition coefficient (Wildman–Crippen LogP) is 4.76. The first-order valence-electron chi connectivity index (χ1n) is 6.98. The molecule has 3 rings (SSSR count). The normalized spacial score (nSPS) is 11.5. The first-order valence-corrected chi connectivity index (χ1v) is 7.35. The van der Waals surface area contributed by atoms with Gasteiger partial charge in [0.25, 0.3) is 0 Å². The predicted molar refractivity (Wildman–Crippen MR) is 85.6 cm³/mol. The summed E-state index contributed by atoms with van der Waals surface area (Å²) in [6.07, 6.45) is 1.06. The van der Waals surface area contributed by atoms with Crippen LogP contribution in [0, 0.1) is 0 Å². The molecule has 3 aromatic rings. The topological polar surface area (TPSA) is 53.6 Å². The van der Waals surface area contributed by atoms with Gasteiger partial charge in [0.2, 0.25) is 0 Å². The molecule has 8 heteroatoms. The van der Waals surface area contributed by atoms with Gasteiger partial charge < -0.3 is 10.3 Å². The Labute approximate surface area is 140 Å². The van der Waals surface area contributed by atoms with Crippen LogP contribution in [0.3, 0.4) is 0 Å². The lowest BCUT2D eigenvalue weighted by molar-refractivity contribution is -0.137. The Bertz CT molecular complexity index is 832. The lowest BCUT2D eigenvalue weighted by Crippen LogP contribution is -2.05. The number of H-pyrrole nitrogens is 1. The summed E-state index contributed by atoms with van der Waals surface area (Å²) in [5, 5.41) is 3.46.